The Morgan fingerprint density at radius 3 is 2.29 bits per heavy atom. The quantitative estimate of drug-likeness (QED) is 0.674. The van der Waals surface area contributed by atoms with Gasteiger partial charge in [0.05, 0.1) is 6.04 Å². The summed E-state index contributed by atoms with van der Waals surface area (Å²) in [5, 5.41) is 11.4. The minimum Gasteiger partial charge on any atom is -0.503 e. The number of pyridine rings is 1. The van der Waals surface area contributed by atoms with Gasteiger partial charge in [0.25, 0.3) is 5.91 Å². The molecule has 0 saturated carbocycles. The number of hydrogen-bond donors (Lipinski definition) is 1. The number of halogens is 1. The monoisotopic (exact) mass is 390 g/mol. The van der Waals surface area contributed by atoms with Crippen LogP contribution in [0, 0.1) is 6.92 Å². The van der Waals surface area contributed by atoms with Crippen molar-refractivity contribution in [3.05, 3.63) is 106 Å². The molecule has 0 radical (unpaired) electrons. The zero-order valence-electron chi connectivity index (χ0n) is 15.3. The fraction of sp³-hybridized carbons (Fsp3) is 0.130. The molecule has 3 aromatic rings. The molecular weight excluding hydrogens is 372 g/mol. The smallest absolute Gasteiger partial charge is 0.290 e. The molecule has 1 atom stereocenters. The Kier molecular flexibility index (Phi) is 4.88. The molecule has 4 rings (SSSR count). The number of aromatic nitrogens is 1. The minimum atomic E-state index is -0.402. The van der Waals surface area contributed by atoms with Crippen LogP contribution in [0.2, 0.25) is 5.02 Å². The molecule has 0 fully saturated rings. The van der Waals surface area contributed by atoms with Gasteiger partial charge in [-0.3, -0.25) is 9.78 Å². The summed E-state index contributed by atoms with van der Waals surface area (Å²) in [6.45, 7) is 2.37. The largest absolute Gasteiger partial charge is 0.503 e. The molecule has 2 aromatic carbocycles. The first-order valence-electron chi connectivity index (χ1n) is 9.00. The summed E-state index contributed by atoms with van der Waals surface area (Å²) in [5.74, 6) is -0.592. The molecule has 2 heterocycles. The van der Waals surface area contributed by atoms with Crippen molar-refractivity contribution >= 4 is 23.1 Å². The van der Waals surface area contributed by atoms with Crippen LogP contribution in [0.1, 0.15) is 28.3 Å². The first-order chi connectivity index (χ1) is 13.5. The first-order valence-corrected chi connectivity index (χ1v) is 9.38. The Hall–Kier alpha value is -3.11. The van der Waals surface area contributed by atoms with E-state index in [0.717, 1.165) is 22.3 Å². The zero-order chi connectivity index (χ0) is 19.7. The summed E-state index contributed by atoms with van der Waals surface area (Å²) >= 11 is 6.06. The molecule has 0 unspecified atom stereocenters. The number of amides is 1. The van der Waals surface area contributed by atoms with E-state index in [0.29, 0.717) is 17.1 Å². The van der Waals surface area contributed by atoms with E-state index in [2.05, 4.69) is 4.98 Å². The lowest BCUT2D eigenvalue weighted by Crippen LogP contribution is -2.29. The summed E-state index contributed by atoms with van der Waals surface area (Å²) in [6, 6.07) is 18.6. The van der Waals surface area contributed by atoms with Crippen LogP contribution in [-0.2, 0) is 11.3 Å². The highest BCUT2D eigenvalue weighted by molar-refractivity contribution is 6.30. The second-order valence-electron chi connectivity index (χ2n) is 6.87. The van der Waals surface area contributed by atoms with Gasteiger partial charge in [0.15, 0.2) is 5.76 Å². The molecule has 140 valence electrons. The van der Waals surface area contributed by atoms with Crippen LogP contribution >= 0.6 is 11.6 Å². The molecule has 0 spiro atoms. The lowest BCUT2D eigenvalue weighted by molar-refractivity contribution is -0.130. The van der Waals surface area contributed by atoms with E-state index in [1.165, 1.54) is 0 Å². The summed E-state index contributed by atoms with van der Waals surface area (Å²) in [7, 11) is 0. The Morgan fingerprint density at radius 2 is 1.64 bits per heavy atom. The van der Waals surface area contributed by atoms with Gasteiger partial charge in [0.1, 0.15) is 0 Å². The second kappa shape index (κ2) is 7.49. The van der Waals surface area contributed by atoms with Gasteiger partial charge in [-0.15, -0.1) is 0 Å². The van der Waals surface area contributed by atoms with Gasteiger partial charge in [-0.25, -0.2) is 0 Å². The topological polar surface area (TPSA) is 53.4 Å². The van der Waals surface area contributed by atoms with E-state index in [9.17, 15) is 9.90 Å². The molecule has 0 saturated heterocycles. The van der Waals surface area contributed by atoms with Crippen molar-refractivity contribution in [2.75, 3.05) is 0 Å². The highest BCUT2D eigenvalue weighted by Crippen LogP contribution is 2.43. The van der Waals surface area contributed by atoms with E-state index in [-0.39, 0.29) is 11.7 Å². The second-order valence-corrected chi connectivity index (χ2v) is 7.31. The third-order valence-electron chi connectivity index (χ3n) is 4.95. The minimum absolute atomic E-state index is 0.210. The van der Waals surface area contributed by atoms with Gasteiger partial charge < -0.3 is 10.0 Å². The summed E-state index contributed by atoms with van der Waals surface area (Å²) in [5.41, 5.74) is 4.39. The number of nitrogens with zero attached hydrogens (tertiary/aromatic N) is 2. The van der Waals surface area contributed by atoms with Crippen LogP contribution in [0.5, 0.6) is 0 Å². The molecule has 0 aliphatic carbocycles. The standard InChI is InChI=1S/C23H19ClN2O2/c1-15-2-4-17(5-3-15)20-21(18-6-8-19(24)9-7-18)26(23(28)22(20)27)14-16-10-12-25-13-11-16/h2-13,21,27H,14H2,1H3/t21-/m1/s1. The van der Waals surface area contributed by atoms with Gasteiger partial charge in [0.2, 0.25) is 0 Å². The normalized spacial score (nSPS) is 16.7. The van der Waals surface area contributed by atoms with Crippen molar-refractivity contribution in [1.82, 2.24) is 9.88 Å². The Morgan fingerprint density at radius 1 is 1.00 bits per heavy atom. The number of benzene rings is 2. The fourth-order valence-electron chi connectivity index (χ4n) is 3.52. The number of aliphatic hydroxyl groups is 1. The molecule has 1 amide bonds. The molecule has 5 heteroatoms. The van der Waals surface area contributed by atoms with Crippen molar-refractivity contribution in [3.63, 3.8) is 0 Å². The molecular formula is C23H19ClN2O2. The van der Waals surface area contributed by atoms with Crippen LogP contribution in [0.15, 0.2) is 78.8 Å². The van der Waals surface area contributed by atoms with Crippen molar-refractivity contribution in [2.24, 2.45) is 0 Å². The fourth-order valence-corrected chi connectivity index (χ4v) is 3.65. The number of aliphatic hydroxyl groups excluding tert-OH is 1. The van der Waals surface area contributed by atoms with Gasteiger partial charge in [-0.05, 0) is 47.9 Å². The van der Waals surface area contributed by atoms with Gasteiger partial charge in [-0.2, -0.15) is 0 Å². The number of carbonyl (C=O) groups is 1. The van der Waals surface area contributed by atoms with Crippen LogP contribution < -0.4 is 0 Å². The lowest BCUT2D eigenvalue weighted by Gasteiger charge is -2.27. The number of hydrogen-bond acceptors (Lipinski definition) is 3. The SMILES string of the molecule is Cc1ccc(C2=C(O)C(=O)N(Cc3ccncc3)[C@@H]2c2ccc(Cl)cc2)cc1. The maximum absolute atomic E-state index is 13.0. The van der Waals surface area contributed by atoms with E-state index in [1.807, 2.05) is 55.5 Å². The molecule has 1 aliphatic heterocycles. The van der Waals surface area contributed by atoms with Gasteiger partial charge >= 0.3 is 0 Å². The van der Waals surface area contributed by atoms with Crippen molar-refractivity contribution in [3.8, 4) is 0 Å². The predicted octanol–water partition coefficient (Wildman–Crippen LogP) is 5.10. The molecule has 4 nitrogen and oxygen atoms in total. The van der Waals surface area contributed by atoms with E-state index >= 15 is 0 Å². The highest BCUT2D eigenvalue weighted by atomic mass is 35.5. The van der Waals surface area contributed by atoms with Crippen molar-refractivity contribution in [2.45, 2.75) is 19.5 Å². The first kappa shape index (κ1) is 18.3. The predicted molar refractivity (Wildman–Crippen MR) is 110 cm³/mol. The number of aryl methyl sites for hydroxylation is 1. The van der Waals surface area contributed by atoms with E-state index in [4.69, 9.17) is 11.6 Å². The molecule has 28 heavy (non-hydrogen) atoms. The van der Waals surface area contributed by atoms with Crippen molar-refractivity contribution < 1.29 is 9.90 Å². The van der Waals surface area contributed by atoms with E-state index in [1.54, 1.807) is 29.4 Å². The Balaban J connectivity index is 1.81. The molecule has 1 aromatic heterocycles. The maximum atomic E-state index is 13.0. The van der Waals surface area contributed by atoms with Crippen LogP contribution in [0.25, 0.3) is 5.57 Å². The van der Waals surface area contributed by atoms with Gasteiger partial charge in [0, 0.05) is 29.5 Å². The highest BCUT2D eigenvalue weighted by Gasteiger charge is 2.40. The van der Waals surface area contributed by atoms with Crippen molar-refractivity contribution in [1.29, 1.82) is 0 Å². The number of rotatable bonds is 4. The lowest BCUT2D eigenvalue weighted by atomic mass is 9.93. The summed E-state index contributed by atoms with van der Waals surface area (Å²) in [4.78, 5) is 18.7. The van der Waals surface area contributed by atoms with Gasteiger partial charge in [-0.1, -0.05) is 53.6 Å². The molecule has 1 aliphatic rings. The third-order valence-corrected chi connectivity index (χ3v) is 5.21. The summed E-state index contributed by atoms with van der Waals surface area (Å²) < 4.78 is 0. The van der Waals surface area contributed by atoms with Crippen LogP contribution in [-0.4, -0.2) is 20.9 Å². The average molecular weight is 391 g/mol. The maximum Gasteiger partial charge on any atom is 0.290 e. The average Bonchev–Trinajstić information content (AvgIpc) is 2.95. The summed E-state index contributed by atoms with van der Waals surface area (Å²) in [6.07, 6.45) is 3.39. The zero-order valence-corrected chi connectivity index (χ0v) is 16.1. The molecule has 1 N–H and O–H groups in total. The van der Waals surface area contributed by atoms with Crippen LogP contribution in [0.3, 0.4) is 0 Å². The van der Waals surface area contributed by atoms with E-state index < -0.39 is 6.04 Å². The molecule has 0 bridgehead atoms. The Bertz CT molecular complexity index is 1030. The Labute approximate surface area is 168 Å². The van der Waals surface area contributed by atoms with Crippen LogP contribution in [0.4, 0.5) is 0 Å². The third kappa shape index (κ3) is 3.39. The number of carbonyl (C=O) groups excluding carboxylic acids is 1.